The third-order valence-corrected chi connectivity index (χ3v) is 3.70. The fourth-order valence-electron chi connectivity index (χ4n) is 1.37. The van der Waals surface area contributed by atoms with E-state index in [1.54, 1.807) is 6.92 Å². The number of halogens is 1. The Morgan fingerprint density at radius 3 is 2.72 bits per heavy atom. The van der Waals surface area contributed by atoms with Crippen molar-refractivity contribution in [1.29, 1.82) is 0 Å². The van der Waals surface area contributed by atoms with E-state index in [9.17, 15) is 13.4 Å². The van der Waals surface area contributed by atoms with Crippen LogP contribution in [0, 0.1) is 12.7 Å². The zero-order valence-corrected chi connectivity index (χ0v) is 10.7. The maximum absolute atomic E-state index is 13.0. The molecule has 1 aromatic carbocycles. The maximum atomic E-state index is 13.0. The highest BCUT2D eigenvalue weighted by Gasteiger charge is 2.14. The van der Waals surface area contributed by atoms with E-state index in [-0.39, 0.29) is 17.3 Å². The van der Waals surface area contributed by atoms with E-state index in [0.717, 1.165) is 0 Å². The van der Waals surface area contributed by atoms with Gasteiger partial charge in [-0.05, 0) is 30.7 Å². The first-order valence-corrected chi connectivity index (χ1v) is 6.86. The van der Waals surface area contributed by atoms with Crippen molar-refractivity contribution >= 4 is 16.6 Å². The quantitative estimate of drug-likeness (QED) is 0.737. The fraction of sp³-hybridized carbons (Fsp3) is 0.417. The summed E-state index contributed by atoms with van der Waals surface area (Å²) in [5.74, 6) is -1.17. The second kappa shape index (κ2) is 6.72. The first-order valence-electron chi connectivity index (χ1n) is 5.37. The second-order valence-corrected chi connectivity index (χ2v) is 5.48. The number of aliphatic hydroxyl groups excluding tert-OH is 2. The van der Waals surface area contributed by atoms with Gasteiger partial charge in [-0.3, -0.25) is 9.00 Å². The average Bonchev–Trinajstić information content (AvgIpc) is 2.32. The third kappa shape index (κ3) is 4.29. The van der Waals surface area contributed by atoms with Crippen molar-refractivity contribution in [1.82, 2.24) is 0 Å². The number of rotatable bonds is 6. The molecular weight excluding hydrogens is 259 g/mol. The van der Waals surface area contributed by atoms with Gasteiger partial charge in [-0.15, -0.1) is 0 Å². The minimum Gasteiger partial charge on any atom is -0.394 e. The van der Waals surface area contributed by atoms with Crippen molar-refractivity contribution in [2.75, 3.05) is 18.1 Å². The molecule has 2 atom stereocenters. The van der Waals surface area contributed by atoms with Crippen molar-refractivity contribution < 1.29 is 23.6 Å². The molecule has 0 fully saturated rings. The van der Waals surface area contributed by atoms with Crippen LogP contribution < -0.4 is 0 Å². The molecule has 0 spiro atoms. The Kier molecular flexibility index (Phi) is 5.58. The minimum atomic E-state index is -1.55. The summed E-state index contributed by atoms with van der Waals surface area (Å²) in [5.41, 5.74) is 0.641. The van der Waals surface area contributed by atoms with Crippen molar-refractivity contribution in [2.45, 2.75) is 13.0 Å². The number of aryl methyl sites for hydroxylation is 1. The number of benzene rings is 1. The molecule has 0 radical (unpaired) electrons. The molecular formula is C12H15FO4S. The molecule has 6 heteroatoms. The van der Waals surface area contributed by atoms with Gasteiger partial charge in [0.25, 0.3) is 0 Å². The molecule has 100 valence electrons. The Hall–Kier alpha value is -1.11. The lowest BCUT2D eigenvalue weighted by molar-refractivity contribution is 0.101. The highest BCUT2D eigenvalue weighted by molar-refractivity contribution is 7.85. The summed E-state index contributed by atoms with van der Waals surface area (Å²) in [6, 6.07) is 3.93. The second-order valence-electron chi connectivity index (χ2n) is 3.97. The van der Waals surface area contributed by atoms with Crippen LogP contribution in [0.3, 0.4) is 0 Å². The standard InChI is InChI=1S/C12H15FO4S/c1-8-4-9(2-3-11(8)13)12(16)7-18(17)6-10(15)5-14/h2-4,10,14-15H,5-7H2,1H3. The third-order valence-electron chi connectivity index (χ3n) is 2.36. The Labute approximate surface area is 107 Å². The van der Waals surface area contributed by atoms with E-state index in [1.807, 2.05) is 0 Å². The SMILES string of the molecule is Cc1cc(C(=O)CS(=O)CC(O)CO)ccc1F. The van der Waals surface area contributed by atoms with E-state index in [1.165, 1.54) is 18.2 Å². The maximum Gasteiger partial charge on any atom is 0.175 e. The summed E-state index contributed by atoms with van der Waals surface area (Å²) in [6.07, 6.45) is -1.09. The van der Waals surface area contributed by atoms with Crippen LogP contribution in [0.15, 0.2) is 18.2 Å². The Morgan fingerprint density at radius 2 is 2.17 bits per heavy atom. The van der Waals surface area contributed by atoms with Crippen molar-refractivity contribution in [2.24, 2.45) is 0 Å². The van der Waals surface area contributed by atoms with Gasteiger partial charge in [-0.25, -0.2) is 4.39 Å². The molecule has 18 heavy (non-hydrogen) atoms. The van der Waals surface area contributed by atoms with Gasteiger partial charge in [0, 0.05) is 16.4 Å². The van der Waals surface area contributed by atoms with Gasteiger partial charge in [0.15, 0.2) is 5.78 Å². The van der Waals surface area contributed by atoms with Crippen LogP contribution in [0.25, 0.3) is 0 Å². The first-order chi connectivity index (χ1) is 8.43. The summed E-state index contributed by atoms with van der Waals surface area (Å²) < 4.78 is 24.5. The molecule has 0 amide bonds. The van der Waals surface area contributed by atoms with Crippen LogP contribution in [0.4, 0.5) is 4.39 Å². The van der Waals surface area contributed by atoms with Crippen LogP contribution in [-0.2, 0) is 10.8 Å². The zero-order valence-electron chi connectivity index (χ0n) is 9.93. The molecule has 0 aromatic heterocycles. The predicted octanol–water partition coefficient (Wildman–Crippen LogP) is 0.419. The molecule has 0 aliphatic carbocycles. The van der Waals surface area contributed by atoms with Gasteiger partial charge in [0.1, 0.15) is 5.82 Å². The number of hydrogen-bond donors (Lipinski definition) is 2. The topological polar surface area (TPSA) is 74.6 Å². The lowest BCUT2D eigenvalue weighted by atomic mass is 10.1. The summed E-state index contributed by atoms with van der Waals surface area (Å²) in [4.78, 5) is 11.7. The van der Waals surface area contributed by atoms with Gasteiger partial charge >= 0.3 is 0 Å². The lowest BCUT2D eigenvalue weighted by Crippen LogP contribution is -2.24. The molecule has 2 N–H and O–H groups in total. The van der Waals surface area contributed by atoms with Crippen LogP contribution in [0.1, 0.15) is 15.9 Å². The summed E-state index contributed by atoms with van der Waals surface area (Å²) in [5, 5.41) is 17.7. The summed E-state index contributed by atoms with van der Waals surface area (Å²) in [6.45, 7) is 1.05. The molecule has 1 aromatic rings. The summed E-state index contributed by atoms with van der Waals surface area (Å²) in [7, 11) is -1.55. The van der Waals surface area contributed by atoms with E-state index in [0.29, 0.717) is 11.1 Å². The van der Waals surface area contributed by atoms with E-state index >= 15 is 0 Å². The highest BCUT2D eigenvalue weighted by atomic mass is 32.2. The largest absolute Gasteiger partial charge is 0.394 e. The Balaban J connectivity index is 2.65. The van der Waals surface area contributed by atoms with Gasteiger partial charge in [-0.2, -0.15) is 0 Å². The number of aliphatic hydroxyl groups is 2. The number of Topliss-reactive ketones (excluding diaryl/α,β-unsaturated/α-hetero) is 1. The van der Waals surface area contributed by atoms with Crippen LogP contribution in [0.5, 0.6) is 0 Å². The zero-order chi connectivity index (χ0) is 13.7. The molecule has 0 heterocycles. The van der Waals surface area contributed by atoms with Crippen molar-refractivity contribution in [3.05, 3.63) is 35.1 Å². The number of carbonyl (C=O) groups is 1. The molecule has 0 aliphatic heterocycles. The van der Waals surface area contributed by atoms with Gasteiger partial charge in [0.05, 0.1) is 24.2 Å². The van der Waals surface area contributed by atoms with Crippen LogP contribution in [-0.4, -0.2) is 44.4 Å². The number of ketones is 1. The van der Waals surface area contributed by atoms with E-state index < -0.39 is 29.3 Å². The monoisotopic (exact) mass is 274 g/mol. The fourth-order valence-corrected chi connectivity index (χ4v) is 2.49. The number of hydrogen-bond acceptors (Lipinski definition) is 4. The van der Waals surface area contributed by atoms with Gasteiger partial charge in [-0.1, -0.05) is 0 Å². The van der Waals surface area contributed by atoms with Crippen LogP contribution >= 0.6 is 0 Å². The van der Waals surface area contributed by atoms with Gasteiger partial charge in [0.2, 0.25) is 0 Å². The molecule has 1 rings (SSSR count). The molecule has 0 saturated carbocycles. The van der Waals surface area contributed by atoms with Crippen LogP contribution in [0.2, 0.25) is 0 Å². The lowest BCUT2D eigenvalue weighted by Gasteiger charge is -2.07. The minimum absolute atomic E-state index is 0.150. The smallest absolute Gasteiger partial charge is 0.175 e. The average molecular weight is 274 g/mol. The Bertz CT molecular complexity index is 461. The molecule has 0 bridgehead atoms. The molecule has 4 nitrogen and oxygen atoms in total. The summed E-state index contributed by atoms with van der Waals surface area (Å²) >= 11 is 0. The van der Waals surface area contributed by atoms with Gasteiger partial charge < -0.3 is 10.2 Å². The molecule has 2 unspecified atom stereocenters. The highest BCUT2D eigenvalue weighted by Crippen LogP contribution is 2.10. The van der Waals surface area contributed by atoms with Crippen molar-refractivity contribution in [3.8, 4) is 0 Å². The molecule has 0 saturated heterocycles. The van der Waals surface area contributed by atoms with E-state index in [2.05, 4.69) is 0 Å². The normalized spacial score (nSPS) is 14.2. The predicted molar refractivity (Wildman–Crippen MR) is 66.4 cm³/mol. The number of carbonyl (C=O) groups excluding carboxylic acids is 1. The molecule has 0 aliphatic rings. The Morgan fingerprint density at radius 1 is 1.50 bits per heavy atom. The van der Waals surface area contributed by atoms with E-state index in [4.69, 9.17) is 10.2 Å². The first kappa shape index (κ1) is 14.9. The van der Waals surface area contributed by atoms with Crippen molar-refractivity contribution in [3.63, 3.8) is 0 Å².